The summed E-state index contributed by atoms with van der Waals surface area (Å²) < 4.78 is 1.71. The third-order valence-corrected chi connectivity index (χ3v) is 6.39. The highest BCUT2D eigenvalue weighted by atomic mass is 32.1. The van der Waals surface area contributed by atoms with Gasteiger partial charge >= 0.3 is 0 Å². The van der Waals surface area contributed by atoms with E-state index in [9.17, 15) is 9.59 Å². The number of hydrogen-bond acceptors (Lipinski definition) is 3. The summed E-state index contributed by atoms with van der Waals surface area (Å²) >= 11 is 1.64. The van der Waals surface area contributed by atoms with Crippen molar-refractivity contribution in [3.8, 4) is 0 Å². The SMILES string of the molecule is CC(=O)c1cc(C(=O)N[C@H](c2ccc3c(c2)CCCC3)c2cccs2)n(C)c1. The van der Waals surface area contributed by atoms with E-state index in [1.807, 2.05) is 11.4 Å². The fourth-order valence-electron chi connectivity index (χ4n) is 3.90. The number of hydrogen-bond donors (Lipinski definition) is 1. The van der Waals surface area contributed by atoms with Gasteiger partial charge in [-0.1, -0.05) is 24.3 Å². The molecule has 5 heteroatoms. The number of benzene rings is 1. The fraction of sp³-hybridized carbons (Fsp3) is 0.304. The van der Waals surface area contributed by atoms with Gasteiger partial charge in [0.2, 0.25) is 0 Å². The molecule has 0 bridgehead atoms. The number of aryl methyl sites for hydroxylation is 3. The Hall–Kier alpha value is -2.66. The molecule has 1 atom stereocenters. The average molecular weight is 393 g/mol. The molecule has 2 aromatic heterocycles. The maximum absolute atomic E-state index is 13.0. The molecule has 1 aromatic carbocycles. The lowest BCUT2D eigenvalue weighted by Gasteiger charge is -2.22. The maximum atomic E-state index is 13.0. The van der Waals surface area contributed by atoms with Crippen LogP contribution in [0.1, 0.15) is 68.2 Å². The van der Waals surface area contributed by atoms with E-state index in [0.29, 0.717) is 11.3 Å². The number of aromatic nitrogens is 1. The Morgan fingerprint density at radius 3 is 2.57 bits per heavy atom. The molecule has 1 N–H and O–H groups in total. The lowest BCUT2D eigenvalue weighted by Crippen LogP contribution is -2.30. The minimum absolute atomic E-state index is 0.0425. The summed E-state index contributed by atoms with van der Waals surface area (Å²) in [4.78, 5) is 25.8. The third kappa shape index (κ3) is 3.67. The second-order valence-electron chi connectivity index (χ2n) is 7.44. The van der Waals surface area contributed by atoms with Gasteiger partial charge in [0, 0.05) is 23.7 Å². The summed E-state index contributed by atoms with van der Waals surface area (Å²) in [5.41, 5.74) is 4.98. The first kappa shape index (κ1) is 18.7. The van der Waals surface area contributed by atoms with Crippen molar-refractivity contribution in [2.24, 2.45) is 7.05 Å². The zero-order chi connectivity index (χ0) is 19.7. The molecule has 3 aromatic rings. The molecule has 1 aliphatic rings. The van der Waals surface area contributed by atoms with E-state index in [2.05, 4.69) is 29.6 Å². The molecular weight excluding hydrogens is 368 g/mol. The Morgan fingerprint density at radius 1 is 1.11 bits per heavy atom. The number of nitrogens with zero attached hydrogens (tertiary/aromatic N) is 1. The highest BCUT2D eigenvalue weighted by Crippen LogP contribution is 2.30. The third-order valence-electron chi connectivity index (χ3n) is 5.45. The van der Waals surface area contributed by atoms with Crippen LogP contribution in [-0.4, -0.2) is 16.3 Å². The normalized spacial score (nSPS) is 14.4. The highest BCUT2D eigenvalue weighted by molar-refractivity contribution is 7.10. The molecular formula is C23H24N2O2S. The molecule has 0 saturated heterocycles. The van der Waals surface area contributed by atoms with Crippen LogP contribution >= 0.6 is 11.3 Å². The molecule has 28 heavy (non-hydrogen) atoms. The monoisotopic (exact) mass is 392 g/mol. The molecule has 4 rings (SSSR count). The first-order valence-electron chi connectivity index (χ1n) is 9.66. The summed E-state index contributed by atoms with van der Waals surface area (Å²) in [6.45, 7) is 1.51. The van der Waals surface area contributed by atoms with Gasteiger partial charge in [-0.3, -0.25) is 9.59 Å². The van der Waals surface area contributed by atoms with Gasteiger partial charge in [0.05, 0.1) is 6.04 Å². The van der Waals surface area contributed by atoms with E-state index in [-0.39, 0.29) is 17.7 Å². The van der Waals surface area contributed by atoms with Gasteiger partial charge in [-0.2, -0.15) is 0 Å². The van der Waals surface area contributed by atoms with Crippen LogP contribution in [0.5, 0.6) is 0 Å². The Kier molecular flexibility index (Phi) is 5.18. The largest absolute Gasteiger partial charge is 0.346 e. The summed E-state index contributed by atoms with van der Waals surface area (Å²) in [5.74, 6) is -0.217. The molecule has 144 valence electrons. The number of carbonyl (C=O) groups is 2. The van der Waals surface area contributed by atoms with Crippen molar-refractivity contribution >= 4 is 23.0 Å². The minimum atomic E-state index is -0.199. The Balaban J connectivity index is 1.66. The number of rotatable bonds is 5. The van der Waals surface area contributed by atoms with E-state index in [1.165, 1.54) is 30.9 Å². The van der Waals surface area contributed by atoms with Gasteiger partial charge in [-0.05, 0) is 66.8 Å². The van der Waals surface area contributed by atoms with Crippen molar-refractivity contribution < 1.29 is 9.59 Å². The molecule has 0 saturated carbocycles. The molecule has 0 spiro atoms. The van der Waals surface area contributed by atoms with Gasteiger partial charge in [0.1, 0.15) is 5.69 Å². The standard InChI is InChI=1S/C23H24N2O2S/c1-15(26)19-13-20(25(2)14-19)23(27)24-22(21-8-5-11-28-21)18-10-9-16-6-3-4-7-17(16)12-18/h5,8-14,22H,3-4,6-7H2,1-2H3,(H,24,27)/t22-/m1/s1. The van der Waals surface area contributed by atoms with Crippen molar-refractivity contribution in [3.63, 3.8) is 0 Å². The number of nitrogens with one attached hydrogen (secondary N) is 1. The lowest BCUT2D eigenvalue weighted by molar-refractivity contribution is 0.0935. The van der Waals surface area contributed by atoms with E-state index in [0.717, 1.165) is 23.3 Å². The van der Waals surface area contributed by atoms with Crippen LogP contribution in [0.25, 0.3) is 0 Å². The van der Waals surface area contributed by atoms with Crippen LogP contribution in [0.15, 0.2) is 48.0 Å². The number of fused-ring (bicyclic) bond motifs is 1. The van der Waals surface area contributed by atoms with Crippen molar-refractivity contribution in [2.75, 3.05) is 0 Å². The van der Waals surface area contributed by atoms with Crippen LogP contribution < -0.4 is 5.32 Å². The summed E-state index contributed by atoms with van der Waals surface area (Å²) in [7, 11) is 1.79. The Morgan fingerprint density at radius 2 is 1.89 bits per heavy atom. The quantitative estimate of drug-likeness (QED) is 0.641. The van der Waals surface area contributed by atoms with Gasteiger partial charge < -0.3 is 9.88 Å². The molecule has 1 amide bonds. The van der Waals surface area contributed by atoms with Gasteiger partial charge in [0.15, 0.2) is 5.78 Å². The lowest BCUT2D eigenvalue weighted by atomic mass is 9.89. The van der Waals surface area contributed by atoms with E-state index >= 15 is 0 Å². The van der Waals surface area contributed by atoms with Crippen molar-refractivity contribution in [3.05, 3.63) is 80.8 Å². The molecule has 1 aliphatic carbocycles. The first-order valence-corrected chi connectivity index (χ1v) is 10.5. The molecule has 0 aliphatic heterocycles. The van der Waals surface area contributed by atoms with E-state index in [1.54, 1.807) is 35.2 Å². The number of Topliss-reactive ketones (excluding diaryl/α,β-unsaturated/α-hetero) is 1. The van der Waals surface area contributed by atoms with Crippen molar-refractivity contribution in [1.82, 2.24) is 9.88 Å². The van der Waals surface area contributed by atoms with E-state index in [4.69, 9.17) is 0 Å². The fourth-order valence-corrected chi connectivity index (χ4v) is 4.70. The van der Waals surface area contributed by atoms with Crippen LogP contribution in [-0.2, 0) is 19.9 Å². The molecule has 0 fully saturated rings. The zero-order valence-corrected chi connectivity index (χ0v) is 17.0. The van der Waals surface area contributed by atoms with Crippen LogP contribution in [0.3, 0.4) is 0 Å². The number of ketones is 1. The number of thiophene rings is 1. The predicted molar refractivity (Wildman–Crippen MR) is 112 cm³/mol. The number of carbonyl (C=O) groups excluding carboxylic acids is 2. The van der Waals surface area contributed by atoms with Crippen LogP contribution in [0.4, 0.5) is 0 Å². The smallest absolute Gasteiger partial charge is 0.268 e. The second-order valence-corrected chi connectivity index (χ2v) is 8.42. The zero-order valence-electron chi connectivity index (χ0n) is 16.2. The van der Waals surface area contributed by atoms with Crippen molar-refractivity contribution in [2.45, 2.75) is 38.6 Å². The Labute approximate surface area is 169 Å². The van der Waals surface area contributed by atoms with Gasteiger partial charge in [0.25, 0.3) is 5.91 Å². The van der Waals surface area contributed by atoms with Gasteiger partial charge in [-0.25, -0.2) is 0 Å². The van der Waals surface area contributed by atoms with Crippen LogP contribution in [0.2, 0.25) is 0 Å². The van der Waals surface area contributed by atoms with Crippen LogP contribution in [0, 0.1) is 0 Å². The molecule has 0 radical (unpaired) electrons. The van der Waals surface area contributed by atoms with Gasteiger partial charge in [-0.15, -0.1) is 11.3 Å². The summed E-state index contributed by atoms with van der Waals surface area (Å²) in [5, 5.41) is 5.22. The molecule has 4 nitrogen and oxygen atoms in total. The highest BCUT2D eigenvalue weighted by Gasteiger charge is 2.22. The predicted octanol–water partition coefficient (Wildman–Crippen LogP) is 4.69. The van der Waals surface area contributed by atoms with E-state index < -0.39 is 0 Å². The molecule has 2 heterocycles. The average Bonchev–Trinajstić information content (AvgIpc) is 3.35. The summed E-state index contributed by atoms with van der Waals surface area (Å²) in [6, 6.07) is 12.1. The van der Waals surface area contributed by atoms with Crippen molar-refractivity contribution in [1.29, 1.82) is 0 Å². The minimum Gasteiger partial charge on any atom is -0.346 e. The summed E-state index contributed by atoms with van der Waals surface area (Å²) in [6.07, 6.45) is 6.43. The molecule has 0 unspecified atom stereocenters. The Bertz CT molecular complexity index is 1020. The first-order chi connectivity index (χ1) is 13.5. The topological polar surface area (TPSA) is 51.1 Å². The second kappa shape index (κ2) is 7.76. The maximum Gasteiger partial charge on any atom is 0.268 e. The number of amides is 1.